The highest BCUT2D eigenvalue weighted by Gasteiger charge is 2.37. The predicted molar refractivity (Wildman–Crippen MR) is 109 cm³/mol. The fourth-order valence-electron chi connectivity index (χ4n) is 4.99. The van der Waals surface area contributed by atoms with Crippen molar-refractivity contribution in [2.45, 2.75) is 50.6 Å². The first kappa shape index (κ1) is 17.2. The fraction of sp³-hybridized carbons (Fsp3) is 0.455. The summed E-state index contributed by atoms with van der Waals surface area (Å²) in [5, 5.41) is 1.41. The third kappa shape index (κ3) is 2.77. The van der Waals surface area contributed by atoms with E-state index in [2.05, 4.69) is 51.5 Å². The molecule has 2 aromatic heterocycles. The number of aryl methyl sites for hydroxylation is 1. The molecule has 2 aliphatic rings. The minimum absolute atomic E-state index is 0.567. The molecule has 0 bridgehead atoms. The Balaban J connectivity index is 1.67. The van der Waals surface area contributed by atoms with E-state index in [1.54, 1.807) is 24.2 Å². The van der Waals surface area contributed by atoms with Gasteiger partial charge in [-0.25, -0.2) is 0 Å². The van der Waals surface area contributed by atoms with Crippen LogP contribution in [0.5, 0.6) is 0 Å². The first-order valence-electron chi connectivity index (χ1n) is 9.86. The number of hydrogen-bond donors (Lipinski definition) is 0. The van der Waals surface area contributed by atoms with Crippen LogP contribution in [0.3, 0.4) is 0 Å². The molecule has 0 amide bonds. The normalized spacial score (nSPS) is 21.8. The first-order valence-corrected chi connectivity index (χ1v) is 10.2. The van der Waals surface area contributed by atoms with Gasteiger partial charge in [-0.15, -0.1) is 11.6 Å². The van der Waals surface area contributed by atoms with E-state index in [9.17, 15) is 0 Å². The summed E-state index contributed by atoms with van der Waals surface area (Å²) < 4.78 is 2.46. The van der Waals surface area contributed by atoms with E-state index in [0.29, 0.717) is 12.6 Å². The van der Waals surface area contributed by atoms with Crippen molar-refractivity contribution in [3.8, 4) is 0 Å². The molecule has 1 saturated heterocycles. The summed E-state index contributed by atoms with van der Waals surface area (Å²) in [6.45, 7) is 7.32. The van der Waals surface area contributed by atoms with E-state index >= 15 is 0 Å². The lowest BCUT2D eigenvalue weighted by Gasteiger charge is -2.32. The highest BCUT2D eigenvalue weighted by atomic mass is 35.5. The Labute approximate surface area is 165 Å². The van der Waals surface area contributed by atoms with Gasteiger partial charge in [0.15, 0.2) is 0 Å². The molecule has 4 heterocycles. The van der Waals surface area contributed by atoms with Crippen LogP contribution in [0.15, 0.2) is 36.8 Å². The van der Waals surface area contributed by atoms with Crippen molar-refractivity contribution in [2.75, 3.05) is 13.1 Å². The van der Waals surface area contributed by atoms with Gasteiger partial charge in [0.05, 0.1) is 11.9 Å². The standard InChI is InChI=1S/C22H25ClN4/c1-15-5-6-17-16(12-15)21-18-4-3-10-26(18)11-7-19(21)27(17)14-22(2,23)20-13-24-8-9-25-20/h5-6,8-9,12-13,18H,3-4,7,10-11,14H2,1-2H3. The second kappa shape index (κ2) is 6.32. The molecular formula is C22H25ClN4. The van der Waals surface area contributed by atoms with Crippen molar-refractivity contribution >= 4 is 22.5 Å². The molecule has 2 unspecified atom stereocenters. The van der Waals surface area contributed by atoms with Crippen molar-refractivity contribution in [3.63, 3.8) is 0 Å². The highest BCUT2D eigenvalue weighted by molar-refractivity contribution is 6.23. The lowest BCUT2D eigenvalue weighted by Crippen LogP contribution is -2.32. The molecule has 1 aromatic carbocycles. The molecule has 0 aliphatic carbocycles. The molecule has 0 radical (unpaired) electrons. The molecule has 27 heavy (non-hydrogen) atoms. The minimum atomic E-state index is -0.592. The van der Waals surface area contributed by atoms with Gasteiger partial charge in [0.25, 0.3) is 0 Å². The molecule has 0 spiro atoms. The van der Waals surface area contributed by atoms with Crippen LogP contribution in [-0.2, 0) is 17.8 Å². The zero-order valence-electron chi connectivity index (χ0n) is 16.0. The molecule has 2 atom stereocenters. The summed E-state index contributed by atoms with van der Waals surface area (Å²) in [4.78, 5) is 10.8. The second-order valence-corrected chi connectivity index (χ2v) is 9.03. The van der Waals surface area contributed by atoms with Gasteiger partial charge in [0.2, 0.25) is 0 Å². The molecule has 1 fully saturated rings. The second-order valence-electron chi connectivity index (χ2n) is 8.20. The molecule has 4 nitrogen and oxygen atoms in total. The fourth-order valence-corrected chi connectivity index (χ4v) is 5.20. The molecule has 2 aliphatic heterocycles. The molecular weight excluding hydrogens is 356 g/mol. The van der Waals surface area contributed by atoms with E-state index < -0.39 is 4.87 Å². The van der Waals surface area contributed by atoms with Crippen LogP contribution >= 0.6 is 11.6 Å². The van der Waals surface area contributed by atoms with Gasteiger partial charge in [0, 0.05) is 54.5 Å². The Morgan fingerprint density at radius 2 is 2.15 bits per heavy atom. The largest absolute Gasteiger partial charge is 0.342 e. The number of aromatic nitrogens is 3. The smallest absolute Gasteiger partial charge is 0.103 e. The topological polar surface area (TPSA) is 34.0 Å². The van der Waals surface area contributed by atoms with Gasteiger partial charge in [-0.3, -0.25) is 14.9 Å². The van der Waals surface area contributed by atoms with Crippen LogP contribution in [0.2, 0.25) is 0 Å². The highest BCUT2D eigenvalue weighted by Crippen LogP contribution is 2.44. The van der Waals surface area contributed by atoms with Crippen LogP contribution in [-0.4, -0.2) is 32.5 Å². The van der Waals surface area contributed by atoms with Crippen LogP contribution in [0.1, 0.15) is 48.3 Å². The van der Waals surface area contributed by atoms with Crippen LogP contribution in [0.4, 0.5) is 0 Å². The van der Waals surface area contributed by atoms with Gasteiger partial charge in [0.1, 0.15) is 4.87 Å². The average molecular weight is 381 g/mol. The third-order valence-electron chi connectivity index (χ3n) is 6.25. The monoisotopic (exact) mass is 380 g/mol. The molecule has 3 aromatic rings. The van der Waals surface area contributed by atoms with Crippen molar-refractivity contribution in [1.29, 1.82) is 0 Å². The Morgan fingerprint density at radius 1 is 1.26 bits per heavy atom. The van der Waals surface area contributed by atoms with Crippen LogP contribution in [0.25, 0.3) is 10.9 Å². The molecule has 140 valence electrons. The van der Waals surface area contributed by atoms with Gasteiger partial charge in [-0.05, 0) is 50.9 Å². The van der Waals surface area contributed by atoms with Crippen molar-refractivity contribution < 1.29 is 0 Å². The molecule has 0 N–H and O–H groups in total. The molecule has 5 heteroatoms. The number of rotatable bonds is 3. The summed E-state index contributed by atoms with van der Waals surface area (Å²) in [5.41, 5.74) is 6.46. The van der Waals surface area contributed by atoms with Gasteiger partial charge >= 0.3 is 0 Å². The zero-order valence-corrected chi connectivity index (χ0v) is 16.7. The number of fused-ring (bicyclic) bond motifs is 5. The number of halogens is 1. The summed E-state index contributed by atoms with van der Waals surface area (Å²) >= 11 is 7.00. The number of alkyl halides is 1. The number of nitrogens with zero attached hydrogens (tertiary/aromatic N) is 4. The minimum Gasteiger partial charge on any atom is -0.342 e. The van der Waals surface area contributed by atoms with Crippen LogP contribution < -0.4 is 0 Å². The van der Waals surface area contributed by atoms with E-state index in [1.807, 2.05) is 0 Å². The average Bonchev–Trinajstić information content (AvgIpc) is 3.25. The van der Waals surface area contributed by atoms with Crippen molar-refractivity contribution in [3.05, 3.63) is 59.3 Å². The van der Waals surface area contributed by atoms with Crippen LogP contribution in [0, 0.1) is 6.92 Å². The first-order chi connectivity index (χ1) is 13.0. The lowest BCUT2D eigenvalue weighted by molar-refractivity contribution is 0.241. The SMILES string of the molecule is Cc1ccc2c(c1)c1c(n2CC(C)(Cl)c2cnccn2)CCN2CCCC12. The lowest BCUT2D eigenvalue weighted by atomic mass is 9.95. The Bertz CT molecular complexity index is 992. The van der Waals surface area contributed by atoms with E-state index in [1.165, 1.54) is 41.5 Å². The van der Waals surface area contributed by atoms with E-state index in [0.717, 1.165) is 18.7 Å². The quantitative estimate of drug-likeness (QED) is 0.623. The van der Waals surface area contributed by atoms with Gasteiger partial charge in [-0.1, -0.05) is 11.6 Å². The maximum atomic E-state index is 7.00. The van der Waals surface area contributed by atoms with Crippen molar-refractivity contribution in [2.24, 2.45) is 0 Å². The number of benzene rings is 1. The zero-order chi connectivity index (χ0) is 18.6. The van der Waals surface area contributed by atoms with E-state index in [-0.39, 0.29) is 0 Å². The molecule has 5 rings (SSSR count). The maximum absolute atomic E-state index is 7.00. The Morgan fingerprint density at radius 3 is 2.96 bits per heavy atom. The number of hydrogen-bond acceptors (Lipinski definition) is 3. The third-order valence-corrected chi connectivity index (χ3v) is 6.57. The maximum Gasteiger partial charge on any atom is 0.103 e. The summed E-state index contributed by atoms with van der Waals surface area (Å²) in [6.07, 6.45) is 8.86. The Hall–Kier alpha value is -1.91. The van der Waals surface area contributed by atoms with E-state index in [4.69, 9.17) is 11.6 Å². The summed E-state index contributed by atoms with van der Waals surface area (Å²) in [6, 6.07) is 7.41. The summed E-state index contributed by atoms with van der Waals surface area (Å²) in [7, 11) is 0. The van der Waals surface area contributed by atoms with Gasteiger partial charge in [-0.2, -0.15) is 0 Å². The summed E-state index contributed by atoms with van der Waals surface area (Å²) in [5.74, 6) is 0. The Kier molecular flexibility index (Phi) is 4.03. The van der Waals surface area contributed by atoms with Gasteiger partial charge < -0.3 is 4.57 Å². The molecule has 0 saturated carbocycles. The van der Waals surface area contributed by atoms with Crippen molar-refractivity contribution in [1.82, 2.24) is 19.4 Å². The predicted octanol–water partition coefficient (Wildman–Crippen LogP) is 4.59.